The first kappa shape index (κ1) is 20.1. The number of nitrogens with one attached hydrogen (secondary N) is 3. The number of nitrogens with zero attached hydrogens (tertiary/aromatic N) is 3. The van der Waals surface area contributed by atoms with Gasteiger partial charge in [0.1, 0.15) is 17.5 Å². The van der Waals surface area contributed by atoms with Crippen LogP contribution < -0.4 is 16.0 Å². The average Bonchev–Trinajstić information content (AvgIpc) is 3.12. The Bertz CT molecular complexity index is 1090. The molecule has 0 aliphatic carbocycles. The molecule has 0 bridgehead atoms. The van der Waals surface area contributed by atoms with Gasteiger partial charge in [-0.25, -0.2) is 17.5 Å². The zero-order chi connectivity index (χ0) is 21.5. The normalized spacial score (nSPS) is 29.0. The number of piperidine rings is 1. The van der Waals surface area contributed by atoms with Crippen LogP contribution in [-0.2, 0) is 19.6 Å². The number of anilines is 1. The molecule has 3 aliphatic rings. The van der Waals surface area contributed by atoms with Gasteiger partial charge in [0.15, 0.2) is 0 Å². The zero-order valence-corrected chi connectivity index (χ0v) is 16.5. The fraction of sp³-hybridized carbons (Fsp3) is 0.444. The summed E-state index contributed by atoms with van der Waals surface area (Å²) in [5.41, 5.74) is -0.121. The summed E-state index contributed by atoms with van der Waals surface area (Å²) in [6.45, 7) is -0.0430. The van der Waals surface area contributed by atoms with E-state index in [4.69, 9.17) is 10.00 Å². The molecular formula is C18H18N6O5S. The molecule has 0 saturated carbocycles. The van der Waals surface area contributed by atoms with Crippen molar-refractivity contribution in [3.8, 4) is 12.1 Å². The number of nitriles is 2. The third kappa shape index (κ3) is 3.35. The highest BCUT2D eigenvalue weighted by atomic mass is 32.2. The lowest BCUT2D eigenvalue weighted by atomic mass is 9.91. The molecule has 0 radical (unpaired) electrons. The van der Waals surface area contributed by atoms with Gasteiger partial charge in [-0.15, -0.1) is 0 Å². The third-order valence-electron chi connectivity index (χ3n) is 5.41. The van der Waals surface area contributed by atoms with E-state index >= 15 is 0 Å². The van der Waals surface area contributed by atoms with Crippen molar-refractivity contribution in [1.82, 2.24) is 14.9 Å². The van der Waals surface area contributed by atoms with Crippen LogP contribution in [0, 0.1) is 28.6 Å². The summed E-state index contributed by atoms with van der Waals surface area (Å²) >= 11 is 0. The van der Waals surface area contributed by atoms with Crippen LogP contribution in [-0.4, -0.2) is 62.5 Å². The molecule has 1 aromatic carbocycles. The molecule has 0 aromatic heterocycles. The topological polar surface area (TPSA) is 164 Å². The second kappa shape index (κ2) is 7.57. The lowest BCUT2D eigenvalue weighted by molar-refractivity contribution is -0.121. The first-order valence-electron chi connectivity index (χ1n) is 9.26. The molecule has 1 aromatic rings. The molecule has 2 fully saturated rings. The predicted octanol–water partition coefficient (Wildman–Crippen LogP) is -0.520. The quantitative estimate of drug-likeness (QED) is 0.576. The lowest BCUT2D eigenvalue weighted by Gasteiger charge is -2.32. The summed E-state index contributed by atoms with van der Waals surface area (Å²) in [5, 5.41) is 26.6. The Kier molecular flexibility index (Phi) is 5.07. The monoisotopic (exact) mass is 430 g/mol. The Morgan fingerprint density at radius 2 is 2.17 bits per heavy atom. The standard InChI is InChI=1S/C18H18N6O5S/c19-5-10-4-14-16(21-7-10)13(9-29-14)22-15(25)8-24-18(26)23-12-3-1-2-11(6-20)17(12)30(24,27)28/h1-3,10,13-14,16,21H,4,7-9H2,(H,22,25)(H,23,26)/t10?,13-,14?,16?/m0/s1. The molecular weight excluding hydrogens is 412 g/mol. The van der Waals surface area contributed by atoms with Crippen LogP contribution in [0.5, 0.6) is 0 Å². The molecule has 2 saturated heterocycles. The smallest absolute Gasteiger partial charge is 0.336 e. The average molecular weight is 430 g/mol. The van der Waals surface area contributed by atoms with Crippen LogP contribution in [0.25, 0.3) is 0 Å². The Labute approximate surface area is 172 Å². The number of benzene rings is 1. The van der Waals surface area contributed by atoms with E-state index in [-0.39, 0.29) is 40.8 Å². The van der Waals surface area contributed by atoms with Crippen LogP contribution >= 0.6 is 0 Å². The van der Waals surface area contributed by atoms with E-state index in [1.165, 1.54) is 18.2 Å². The molecule has 3 heterocycles. The Morgan fingerprint density at radius 1 is 1.37 bits per heavy atom. The molecule has 0 spiro atoms. The number of hydrogen-bond donors (Lipinski definition) is 3. The van der Waals surface area contributed by atoms with Gasteiger partial charge in [-0.2, -0.15) is 10.5 Å². The number of rotatable bonds is 3. The molecule has 4 rings (SSSR count). The van der Waals surface area contributed by atoms with Crippen LogP contribution in [0.4, 0.5) is 10.5 Å². The number of hydrogen-bond acceptors (Lipinski definition) is 8. The van der Waals surface area contributed by atoms with Gasteiger partial charge in [0.25, 0.3) is 10.0 Å². The van der Waals surface area contributed by atoms with Crippen molar-refractivity contribution in [2.75, 3.05) is 25.0 Å². The SMILES string of the molecule is N#Cc1cccc2c1S(=O)(=O)N(CC(=O)N[C@H]1COC3CC(C#N)CNC31)C(=O)N2. The van der Waals surface area contributed by atoms with E-state index < -0.39 is 34.5 Å². The van der Waals surface area contributed by atoms with Crippen molar-refractivity contribution < 1.29 is 22.7 Å². The summed E-state index contributed by atoms with van der Waals surface area (Å²) in [5.74, 6) is -0.845. The number of carbonyl (C=O) groups excluding carboxylic acids is 2. The summed E-state index contributed by atoms with van der Waals surface area (Å²) in [7, 11) is -4.38. The highest BCUT2D eigenvalue weighted by Gasteiger charge is 2.44. The highest BCUT2D eigenvalue weighted by molar-refractivity contribution is 7.90. The maximum atomic E-state index is 12.9. The van der Waals surface area contributed by atoms with Gasteiger partial charge < -0.3 is 20.7 Å². The van der Waals surface area contributed by atoms with E-state index in [1.54, 1.807) is 6.07 Å². The van der Waals surface area contributed by atoms with Gasteiger partial charge in [0, 0.05) is 6.54 Å². The van der Waals surface area contributed by atoms with Crippen LogP contribution in [0.15, 0.2) is 23.1 Å². The molecule has 156 valence electrons. The molecule has 12 heteroatoms. The summed E-state index contributed by atoms with van der Waals surface area (Å²) < 4.78 is 31.9. The van der Waals surface area contributed by atoms with Crippen molar-refractivity contribution >= 4 is 27.6 Å². The van der Waals surface area contributed by atoms with Gasteiger partial charge in [0.2, 0.25) is 5.91 Å². The van der Waals surface area contributed by atoms with E-state index in [2.05, 4.69) is 22.0 Å². The number of ether oxygens (including phenoxy) is 1. The highest BCUT2D eigenvalue weighted by Crippen LogP contribution is 2.32. The van der Waals surface area contributed by atoms with E-state index in [9.17, 15) is 23.3 Å². The molecule has 3 unspecified atom stereocenters. The van der Waals surface area contributed by atoms with Gasteiger partial charge in [0.05, 0.1) is 48.0 Å². The second-order valence-electron chi connectivity index (χ2n) is 7.28. The number of sulfonamides is 1. The fourth-order valence-corrected chi connectivity index (χ4v) is 5.55. The fourth-order valence-electron chi connectivity index (χ4n) is 3.99. The largest absolute Gasteiger partial charge is 0.374 e. The van der Waals surface area contributed by atoms with E-state index in [0.717, 1.165) is 0 Å². The van der Waals surface area contributed by atoms with Gasteiger partial charge in [-0.05, 0) is 18.6 Å². The van der Waals surface area contributed by atoms with Crippen LogP contribution in [0.2, 0.25) is 0 Å². The lowest BCUT2D eigenvalue weighted by Crippen LogP contribution is -2.57. The van der Waals surface area contributed by atoms with Gasteiger partial charge >= 0.3 is 6.03 Å². The Morgan fingerprint density at radius 3 is 2.90 bits per heavy atom. The summed E-state index contributed by atoms with van der Waals surface area (Å²) in [6.07, 6.45) is 0.331. The Balaban J connectivity index is 1.48. The molecule has 30 heavy (non-hydrogen) atoms. The number of amides is 3. The predicted molar refractivity (Wildman–Crippen MR) is 101 cm³/mol. The van der Waals surface area contributed by atoms with Crippen LogP contribution in [0.3, 0.4) is 0 Å². The molecule has 3 aliphatic heterocycles. The van der Waals surface area contributed by atoms with Crippen molar-refractivity contribution in [2.24, 2.45) is 5.92 Å². The first-order chi connectivity index (χ1) is 14.3. The molecule has 11 nitrogen and oxygen atoms in total. The number of fused-ring (bicyclic) bond motifs is 2. The molecule has 3 N–H and O–H groups in total. The minimum Gasteiger partial charge on any atom is -0.374 e. The van der Waals surface area contributed by atoms with Gasteiger partial charge in [-0.1, -0.05) is 6.07 Å². The maximum absolute atomic E-state index is 12.9. The van der Waals surface area contributed by atoms with Crippen molar-refractivity contribution in [3.63, 3.8) is 0 Å². The van der Waals surface area contributed by atoms with E-state index in [0.29, 0.717) is 17.3 Å². The third-order valence-corrected chi connectivity index (χ3v) is 7.24. The number of carbonyl (C=O) groups is 2. The number of urea groups is 1. The zero-order valence-electron chi connectivity index (χ0n) is 15.7. The minimum atomic E-state index is -4.38. The summed E-state index contributed by atoms with van der Waals surface area (Å²) in [6, 6.07) is 6.55. The van der Waals surface area contributed by atoms with Crippen LogP contribution in [0.1, 0.15) is 12.0 Å². The van der Waals surface area contributed by atoms with Crippen molar-refractivity contribution in [1.29, 1.82) is 10.5 Å². The first-order valence-corrected chi connectivity index (χ1v) is 10.7. The maximum Gasteiger partial charge on any atom is 0.336 e. The molecule has 4 atom stereocenters. The Hall–Kier alpha value is -3.19. The van der Waals surface area contributed by atoms with Crippen molar-refractivity contribution in [3.05, 3.63) is 23.8 Å². The second-order valence-corrected chi connectivity index (χ2v) is 9.08. The van der Waals surface area contributed by atoms with E-state index in [1.807, 2.05) is 0 Å². The molecule has 3 amide bonds. The van der Waals surface area contributed by atoms with Crippen molar-refractivity contribution in [2.45, 2.75) is 29.5 Å². The summed E-state index contributed by atoms with van der Waals surface area (Å²) in [4.78, 5) is 24.6. The van der Waals surface area contributed by atoms with Gasteiger partial charge in [-0.3, -0.25) is 4.79 Å². The minimum absolute atomic E-state index is 0.00111.